The van der Waals surface area contributed by atoms with Crippen molar-refractivity contribution in [2.45, 2.75) is 32.5 Å². The van der Waals surface area contributed by atoms with Gasteiger partial charge >= 0.3 is 6.18 Å². The van der Waals surface area contributed by atoms with Crippen molar-refractivity contribution in [3.63, 3.8) is 0 Å². The van der Waals surface area contributed by atoms with Gasteiger partial charge < -0.3 is 10.2 Å². The first-order valence-electron chi connectivity index (χ1n) is 11.5. The van der Waals surface area contributed by atoms with E-state index in [1.165, 1.54) is 18.3 Å². The number of nitrogens with one attached hydrogen (secondary N) is 2. The molecule has 0 aliphatic carbocycles. The molecule has 190 valence electrons. The Balaban J connectivity index is 1.55. The van der Waals surface area contributed by atoms with Crippen LogP contribution in [0.5, 0.6) is 0 Å². The van der Waals surface area contributed by atoms with Gasteiger partial charge in [-0.25, -0.2) is 9.97 Å². The fourth-order valence-electron chi connectivity index (χ4n) is 3.80. The molecule has 0 radical (unpaired) electrons. The lowest BCUT2D eigenvalue weighted by Gasteiger charge is -2.17. The average molecular weight is 507 g/mol. The molecule has 0 saturated carbocycles. The van der Waals surface area contributed by atoms with E-state index in [0.717, 1.165) is 17.1 Å². The molecular formula is C27H25F3N6O. The minimum atomic E-state index is -4.58. The van der Waals surface area contributed by atoms with Crippen LogP contribution in [0.2, 0.25) is 0 Å². The number of H-pyrrole nitrogens is 1. The van der Waals surface area contributed by atoms with Gasteiger partial charge in [0.15, 0.2) is 5.65 Å². The second kappa shape index (κ2) is 10.4. The molecule has 0 bridgehead atoms. The first kappa shape index (κ1) is 25.9. The van der Waals surface area contributed by atoms with Gasteiger partial charge in [-0.15, -0.1) is 0 Å². The van der Waals surface area contributed by atoms with Crippen LogP contribution in [0.4, 0.5) is 19.0 Å². The van der Waals surface area contributed by atoms with Crippen molar-refractivity contribution in [1.82, 2.24) is 25.1 Å². The minimum Gasteiger partial charge on any atom is -0.307 e. The summed E-state index contributed by atoms with van der Waals surface area (Å²) in [5, 5.41) is 10.7. The van der Waals surface area contributed by atoms with Crippen molar-refractivity contribution < 1.29 is 18.0 Å². The number of hydrogen-bond acceptors (Lipinski definition) is 5. The SMILES string of the molecule is CC(C)c1[nH]nc2ncc(C#Cc3ccnc(NC(=O)c4ccc(CN(C)C)c(C(F)(F)F)c4)c3)cc12. The van der Waals surface area contributed by atoms with E-state index in [4.69, 9.17) is 0 Å². The van der Waals surface area contributed by atoms with E-state index in [1.54, 1.807) is 37.3 Å². The van der Waals surface area contributed by atoms with Crippen molar-refractivity contribution >= 4 is 22.8 Å². The summed E-state index contributed by atoms with van der Waals surface area (Å²) in [4.78, 5) is 22.8. The summed E-state index contributed by atoms with van der Waals surface area (Å²) in [5.74, 6) is 5.78. The van der Waals surface area contributed by atoms with Crippen molar-refractivity contribution in [3.8, 4) is 11.8 Å². The highest BCUT2D eigenvalue weighted by atomic mass is 19.4. The zero-order valence-corrected chi connectivity index (χ0v) is 20.7. The van der Waals surface area contributed by atoms with Crippen LogP contribution in [0.15, 0.2) is 48.8 Å². The van der Waals surface area contributed by atoms with Gasteiger partial charge in [-0.3, -0.25) is 9.89 Å². The Kier molecular flexibility index (Phi) is 7.27. The Morgan fingerprint density at radius 1 is 1.08 bits per heavy atom. The highest BCUT2D eigenvalue weighted by molar-refractivity contribution is 6.04. The Labute approximate surface area is 212 Å². The Hall–Kier alpha value is -4.23. The topological polar surface area (TPSA) is 86.8 Å². The molecule has 1 aromatic carbocycles. The molecule has 3 heterocycles. The number of fused-ring (bicyclic) bond motifs is 1. The summed E-state index contributed by atoms with van der Waals surface area (Å²) in [6, 6.07) is 8.70. The van der Waals surface area contributed by atoms with E-state index in [0.29, 0.717) is 16.8 Å². The maximum Gasteiger partial charge on any atom is 0.416 e. The number of aromatic amines is 1. The smallest absolute Gasteiger partial charge is 0.307 e. The van der Waals surface area contributed by atoms with Gasteiger partial charge in [0.1, 0.15) is 5.82 Å². The molecule has 3 aromatic heterocycles. The number of pyridine rings is 2. The van der Waals surface area contributed by atoms with Gasteiger partial charge in [0.25, 0.3) is 5.91 Å². The Bertz CT molecular complexity index is 1510. The number of carbonyl (C=O) groups excluding carboxylic acids is 1. The van der Waals surface area contributed by atoms with Crippen LogP contribution in [0.3, 0.4) is 0 Å². The number of rotatable bonds is 5. The van der Waals surface area contributed by atoms with Crippen molar-refractivity contribution in [2.75, 3.05) is 19.4 Å². The number of benzene rings is 1. The van der Waals surface area contributed by atoms with Gasteiger partial charge in [-0.2, -0.15) is 18.3 Å². The summed E-state index contributed by atoms with van der Waals surface area (Å²) in [5.41, 5.74) is 1.98. The second-order valence-corrected chi connectivity index (χ2v) is 9.13. The molecule has 4 rings (SSSR count). The van der Waals surface area contributed by atoms with Crippen LogP contribution in [-0.4, -0.2) is 45.1 Å². The van der Waals surface area contributed by atoms with Gasteiger partial charge in [0, 0.05) is 46.7 Å². The number of anilines is 1. The number of aromatic nitrogens is 4. The average Bonchev–Trinajstić information content (AvgIpc) is 3.26. The fraction of sp³-hybridized carbons (Fsp3) is 0.259. The lowest BCUT2D eigenvalue weighted by Crippen LogP contribution is -2.19. The fourth-order valence-corrected chi connectivity index (χ4v) is 3.80. The molecule has 1 amide bonds. The van der Waals surface area contributed by atoms with E-state index >= 15 is 0 Å². The number of hydrogen-bond donors (Lipinski definition) is 2. The van der Waals surface area contributed by atoms with Crippen LogP contribution >= 0.6 is 0 Å². The predicted octanol–water partition coefficient (Wildman–Crippen LogP) is 5.21. The maximum atomic E-state index is 13.6. The first-order valence-corrected chi connectivity index (χ1v) is 11.5. The van der Waals surface area contributed by atoms with Gasteiger partial charge in [-0.1, -0.05) is 31.8 Å². The van der Waals surface area contributed by atoms with E-state index in [1.807, 2.05) is 6.07 Å². The Morgan fingerprint density at radius 2 is 1.84 bits per heavy atom. The van der Waals surface area contributed by atoms with Crippen LogP contribution in [0, 0.1) is 11.8 Å². The van der Waals surface area contributed by atoms with Crippen LogP contribution in [0.1, 0.15) is 58.1 Å². The third-order valence-corrected chi connectivity index (χ3v) is 5.53. The summed E-state index contributed by atoms with van der Waals surface area (Å²) >= 11 is 0. The van der Waals surface area contributed by atoms with E-state index in [-0.39, 0.29) is 29.4 Å². The highest BCUT2D eigenvalue weighted by Crippen LogP contribution is 2.33. The highest BCUT2D eigenvalue weighted by Gasteiger charge is 2.34. The maximum absolute atomic E-state index is 13.6. The molecule has 0 unspecified atom stereocenters. The second-order valence-electron chi connectivity index (χ2n) is 9.13. The number of amides is 1. The van der Waals surface area contributed by atoms with Gasteiger partial charge in [0.2, 0.25) is 0 Å². The standard InChI is InChI=1S/C27H25F3N6O/c1-16(2)24-21-11-18(14-32-25(21)35-34-24)6-5-17-9-10-31-23(12-17)33-26(37)19-7-8-20(15-36(3)4)22(13-19)27(28,29)30/h7-14,16H,15H2,1-4H3,(H,31,33,37)(H,32,34,35). The van der Waals surface area contributed by atoms with Crippen LogP contribution in [0.25, 0.3) is 11.0 Å². The summed E-state index contributed by atoms with van der Waals surface area (Å²) in [6.45, 7) is 4.21. The number of nitrogens with zero attached hydrogens (tertiary/aromatic N) is 4. The molecule has 2 N–H and O–H groups in total. The molecule has 7 nitrogen and oxygen atoms in total. The number of carbonyl (C=O) groups is 1. The van der Waals surface area contributed by atoms with E-state index in [2.05, 4.69) is 51.2 Å². The van der Waals surface area contributed by atoms with Crippen molar-refractivity contribution in [1.29, 1.82) is 0 Å². The molecule has 37 heavy (non-hydrogen) atoms. The first-order chi connectivity index (χ1) is 17.5. The summed E-state index contributed by atoms with van der Waals surface area (Å²) in [6.07, 6.45) is -1.49. The van der Waals surface area contributed by atoms with Crippen molar-refractivity contribution in [2.24, 2.45) is 0 Å². The van der Waals surface area contributed by atoms with Crippen LogP contribution < -0.4 is 5.32 Å². The number of halogens is 3. The lowest BCUT2D eigenvalue weighted by molar-refractivity contribution is -0.138. The molecule has 4 aromatic rings. The largest absolute Gasteiger partial charge is 0.416 e. The molecule has 0 fully saturated rings. The van der Waals surface area contributed by atoms with Gasteiger partial charge in [-0.05, 0) is 55.9 Å². The molecule has 0 aliphatic heterocycles. The zero-order valence-electron chi connectivity index (χ0n) is 20.7. The molecule has 0 spiro atoms. The van der Waals surface area contributed by atoms with E-state index in [9.17, 15) is 18.0 Å². The third-order valence-electron chi connectivity index (χ3n) is 5.53. The molecule has 0 aliphatic rings. The molecule has 0 saturated heterocycles. The normalized spacial score (nSPS) is 11.6. The third kappa shape index (κ3) is 6.13. The summed E-state index contributed by atoms with van der Waals surface area (Å²) in [7, 11) is 3.36. The number of alkyl halides is 3. The lowest BCUT2D eigenvalue weighted by atomic mass is 10.0. The summed E-state index contributed by atoms with van der Waals surface area (Å²) < 4.78 is 40.8. The monoisotopic (exact) mass is 506 g/mol. The van der Waals surface area contributed by atoms with Crippen LogP contribution in [-0.2, 0) is 12.7 Å². The molecule has 10 heteroatoms. The molecular weight excluding hydrogens is 481 g/mol. The van der Waals surface area contributed by atoms with Crippen molar-refractivity contribution in [3.05, 3.63) is 82.3 Å². The zero-order chi connectivity index (χ0) is 26.7. The molecule has 0 atom stereocenters. The predicted molar refractivity (Wildman–Crippen MR) is 135 cm³/mol. The minimum absolute atomic E-state index is 0.0908. The van der Waals surface area contributed by atoms with Gasteiger partial charge in [0.05, 0.1) is 5.56 Å². The Morgan fingerprint density at radius 3 is 2.54 bits per heavy atom. The quantitative estimate of drug-likeness (QED) is 0.363. The van der Waals surface area contributed by atoms with E-state index < -0.39 is 17.6 Å².